The SMILES string of the molecule is CCOc1cc(C(=O)OCC(=O)Nc2ccccc2SCC#N)ccc1OCC(C)C. The van der Waals surface area contributed by atoms with Gasteiger partial charge in [0.2, 0.25) is 0 Å². The number of benzene rings is 2. The molecule has 7 nitrogen and oxygen atoms in total. The monoisotopic (exact) mass is 442 g/mol. The maximum Gasteiger partial charge on any atom is 0.338 e. The lowest BCUT2D eigenvalue weighted by atomic mass is 10.2. The number of hydrogen-bond acceptors (Lipinski definition) is 7. The summed E-state index contributed by atoms with van der Waals surface area (Å²) in [7, 11) is 0. The first-order valence-corrected chi connectivity index (χ1v) is 10.9. The van der Waals surface area contributed by atoms with Gasteiger partial charge in [0.1, 0.15) is 0 Å². The molecule has 1 N–H and O–H groups in total. The highest BCUT2D eigenvalue weighted by molar-refractivity contribution is 7.99. The Bertz CT molecular complexity index is 940. The van der Waals surface area contributed by atoms with Crippen LogP contribution in [0.2, 0.25) is 0 Å². The molecule has 31 heavy (non-hydrogen) atoms. The van der Waals surface area contributed by atoms with E-state index in [0.717, 1.165) is 4.90 Å². The van der Waals surface area contributed by atoms with Crippen LogP contribution in [-0.4, -0.2) is 37.4 Å². The predicted molar refractivity (Wildman–Crippen MR) is 120 cm³/mol. The predicted octanol–water partition coefficient (Wildman–Crippen LogP) is 4.53. The Morgan fingerprint density at radius 3 is 2.61 bits per heavy atom. The smallest absolute Gasteiger partial charge is 0.338 e. The van der Waals surface area contributed by atoms with E-state index in [4.69, 9.17) is 19.5 Å². The molecule has 164 valence electrons. The third-order valence-electron chi connectivity index (χ3n) is 3.84. The molecule has 0 heterocycles. The summed E-state index contributed by atoms with van der Waals surface area (Å²) in [6.45, 7) is 6.43. The first-order valence-electron chi connectivity index (χ1n) is 9.90. The first-order chi connectivity index (χ1) is 14.9. The Kier molecular flexibility index (Phi) is 9.72. The minimum absolute atomic E-state index is 0.262. The van der Waals surface area contributed by atoms with Crippen LogP contribution in [0.5, 0.6) is 11.5 Å². The number of carbonyl (C=O) groups excluding carboxylic acids is 2. The van der Waals surface area contributed by atoms with Crippen molar-refractivity contribution in [3.05, 3.63) is 48.0 Å². The summed E-state index contributed by atoms with van der Waals surface area (Å²) in [6.07, 6.45) is 0. The van der Waals surface area contributed by atoms with Crippen LogP contribution in [0, 0.1) is 17.2 Å². The molecule has 2 aromatic carbocycles. The van der Waals surface area contributed by atoms with Crippen LogP contribution in [0.25, 0.3) is 0 Å². The summed E-state index contributed by atoms with van der Waals surface area (Å²) in [4.78, 5) is 25.4. The zero-order valence-corrected chi connectivity index (χ0v) is 18.7. The van der Waals surface area contributed by atoms with Gasteiger partial charge in [-0.25, -0.2) is 4.79 Å². The number of nitrogens with zero attached hydrogens (tertiary/aromatic N) is 1. The molecule has 2 rings (SSSR count). The molecule has 8 heteroatoms. The van der Waals surface area contributed by atoms with Gasteiger partial charge in [-0.15, -0.1) is 11.8 Å². The molecule has 0 aliphatic carbocycles. The van der Waals surface area contributed by atoms with E-state index in [2.05, 4.69) is 5.32 Å². The van der Waals surface area contributed by atoms with Crippen molar-refractivity contribution in [2.45, 2.75) is 25.7 Å². The van der Waals surface area contributed by atoms with E-state index in [0.29, 0.717) is 36.3 Å². The Balaban J connectivity index is 1.98. The number of hydrogen-bond donors (Lipinski definition) is 1. The highest BCUT2D eigenvalue weighted by Gasteiger charge is 2.15. The van der Waals surface area contributed by atoms with Gasteiger partial charge in [0, 0.05) is 4.90 Å². The summed E-state index contributed by atoms with van der Waals surface area (Å²) in [6, 6.07) is 14.0. The molecule has 0 fully saturated rings. The van der Waals surface area contributed by atoms with E-state index in [1.165, 1.54) is 11.8 Å². The van der Waals surface area contributed by atoms with Crippen molar-refractivity contribution in [3.63, 3.8) is 0 Å². The lowest BCUT2D eigenvalue weighted by molar-refractivity contribution is -0.119. The molecule has 0 aromatic heterocycles. The zero-order valence-electron chi connectivity index (χ0n) is 17.8. The van der Waals surface area contributed by atoms with Crippen LogP contribution in [0.4, 0.5) is 5.69 Å². The third-order valence-corrected chi connectivity index (χ3v) is 4.78. The van der Waals surface area contributed by atoms with Crippen molar-refractivity contribution in [1.29, 1.82) is 5.26 Å². The van der Waals surface area contributed by atoms with Crippen LogP contribution in [0.1, 0.15) is 31.1 Å². The summed E-state index contributed by atoms with van der Waals surface area (Å²) >= 11 is 1.31. The van der Waals surface area contributed by atoms with Crippen LogP contribution in [0.15, 0.2) is 47.4 Å². The van der Waals surface area contributed by atoms with Gasteiger partial charge in [-0.05, 0) is 43.2 Å². The molecule has 1 amide bonds. The van der Waals surface area contributed by atoms with Gasteiger partial charge in [0.15, 0.2) is 18.1 Å². The molecule has 0 unspecified atom stereocenters. The molecule has 0 atom stereocenters. The number of ether oxygens (including phenoxy) is 3. The van der Waals surface area contributed by atoms with E-state index >= 15 is 0 Å². The minimum atomic E-state index is -0.640. The summed E-state index contributed by atoms with van der Waals surface area (Å²) in [5.74, 6) is 0.503. The molecular weight excluding hydrogens is 416 g/mol. The number of carbonyl (C=O) groups is 2. The van der Waals surface area contributed by atoms with E-state index in [1.807, 2.05) is 39.0 Å². The minimum Gasteiger partial charge on any atom is -0.490 e. The van der Waals surface area contributed by atoms with E-state index in [9.17, 15) is 9.59 Å². The summed E-state index contributed by atoms with van der Waals surface area (Å²) in [5, 5.41) is 11.4. The molecular formula is C23H26N2O5S. The number of thioether (sulfide) groups is 1. The molecule has 2 aromatic rings. The Labute approximate surface area is 186 Å². The van der Waals surface area contributed by atoms with Crippen molar-refractivity contribution in [2.24, 2.45) is 5.92 Å². The quantitative estimate of drug-likeness (QED) is 0.403. The number of amides is 1. The molecule has 0 spiro atoms. The van der Waals surface area contributed by atoms with Crippen molar-refractivity contribution in [3.8, 4) is 17.6 Å². The first kappa shape index (κ1) is 24.1. The topological polar surface area (TPSA) is 97.6 Å². The van der Waals surface area contributed by atoms with Crippen LogP contribution >= 0.6 is 11.8 Å². The molecule has 0 radical (unpaired) electrons. The molecule has 0 saturated heterocycles. The van der Waals surface area contributed by atoms with Crippen molar-refractivity contribution in [2.75, 3.05) is 30.9 Å². The normalized spacial score (nSPS) is 10.3. The standard InChI is InChI=1S/C23H26N2O5S/c1-4-28-20-13-17(9-10-19(20)29-14-16(2)3)23(27)30-15-22(26)25-18-7-5-6-8-21(18)31-12-11-24/h5-10,13,16H,4,12,14-15H2,1-3H3,(H,25,26). The fourth-order valence-electron chi connectivity index (χ4n) is 2.49. The van der Waals surface area contributed by atoms with Gasteiger partial charge in [0.25, 0.3) is 5.91 Å². The maximum atomic E-state index is 12.4. The third kappa shape index (κ3) is 7.87. The van der Waals surface area contributed by atoms with Crippen LogP contribution in [0.3, 0.4) is 0 Å². The Morgan fingerprint density at radius 2 is 1.90 bits per heavy atom. The van der Waals surface area contributed by atoms with Crippen molar-refractivity contribution in [1.82, 2.24) is 0 Å². The number of rotatable bonds is 11. The lowest BCUT2D eigenvalue weighted by Gasteiger charge is -2.14. The second-order valence-corrected chi connectivity index (χ2v) is 7.88. The average molecular weight is 443 g/mol. The van der Waals surface area contributed by atoms with Gasteiger partial charge in [-0.2, -0.15) is 5.26 Å². The van der Waals surface area contributed by atoms with Crippen LogP contribution in [-0.2, 0) is 9.53 Å². The average Bonchev–Trinajstić information content (AvgIpc) is 2.76. The molecule has 0 saturated carbocycles. The number of para-hydroxylation sites is 1. The van der Waals surface area contributed by atoms with Crippen LogP contribution < -0.4 is 14.8 Å². The second-order valence-electron chi connectivity index (χ2n) is 6.87. The second kappa shape index (κ2) is 12.5. The molecule has 0 aliphatic rings. The van der Waals surface area contributed by atoms with Gasteiger partial charge < -0.3 is 19.5 Å². The Morgan fingerprint density at radius 1 is 1.13 bits per heavy atom. The fourth-order valence-corrected chi connectivity index (χ4v) is 3.15. The molecule has 0 bridgehead atoms. The van der Waals surface area contributed by atoms with Gasteiger partial charge in [-0.3, -0.25) is 4.79 Å². The Hall–Kier alpha value is -3.18. The zero-order chi connectivity index (χ0) is 22.6. The summed E-state index contributed by atoms with van der Waals surface area (Å²) in [5.41, 5.74) is 0.826. The van der Waals surface area contributed by atoms with Gasteiger partial charge in [-0.1, -0.05) is 26.0 Å². The van der Waals surface area contributed by atoms with Gasteiger partial charge >= 0.3 is 5.97 Å². The van der Waals surface area contributed by atoms with E-state index in [1.54, 1.807) is 30.3 Å². The van der Waals surface area contributed by atoms with Crippen molar-refractivity contribution >= 4 is 29.3 Å². The van der Waals surface area contributed by atoms with Crippen molar-refractivity contribution < 1.29 is 23.8 Å². The highest BCUT2D eigenvalue weighted by atomic mass is 32.2. The number of nitriles is 1. The highest BCUT2D eigenvalue weighted by Crippen LogP contribution is 2.29. The molecule has 0 aliphatic heterocycles. The van der Waals surface area contributed by atoms with Gasteiger partial charge in [0.05, 0.1) is 36.3 Å². The number of esters is 1. The number of anilines is 1. The fraction of sp³-hybridized carbons (Fsp3) is 0.348. The maximum absolute atomic E-state index is 12.4. The van der Waals surface area contributed by atoms with E-state index in [-0.39, 0.29) is 11.3 Å². The lowest BCUT2D eigenvalue weighted by Crippen LogP contribution is -2.21. The number of nitrogens with one attached hydrogen (secondary N) is 1. The van der Waals surface area contributed by atoms with E-state index < -0.39 is 18.5 Å². The largest absolute Gasteiger partial charge is 0.490 e. The summed E-state index contributed by atoms with van der Waals surface area (Å²) < 4.78 is 16.4.